The van der Waals surface area contributed by atoms with Crippen LogP contribution in [0.4, 0.5) is 0 Å². The monoisotopic (exact) mass is 129 g/mol. The van der Waals surface area contributed by atoms with E-state index in [2.05, 4.69) is 12.2 Å². The Morgan fingerprint density at radius 3 is 3.00 bits per heavy atom. The molecule has 2 unspecified atom stereocenters. The molecule has 0 bridgehead atoms. The van der Waals surface area contributed by atoms with Crippen molar-refractivity contribution in [3.63, 3.8) is 0 Å². The zero-order chi connectivity index (χ0) is 6.69. The maximum absolute atomic E-state index is 8.77. The summed E-state index contributed by atoms with van der Waals surface area (Å²) in [6.07, 6.45) is 1.24. The molecule has 1 aliphatic rings. The van der Waals surface area contributed by atoms with Gasteiger partial charge < -0.3 is 10.4 Å². The highest BCUT2D eigenvalue weighted by molar-refractivity contribution is 4.74. The van der Waals surface area contributed by atoms with Gasteiger partial charge in [-0.1, -0.05) is 6.92 Å². The average molecular weight is 129 g/mol. The maximum Gasteiger partial charge on any atom is 0.0459 e. The van der Waals surface area contributed by atoms with Gasteiger partial charge in [0.05, 0.1) is 0 Å². The standard InChI is InChI=1S/C7H15NO/c1-6(5-9)7-2-3-8-4-7/h6-9H,2-5H2,1H3. The summed E-state index contributed by atoms with van der Waals surface area (Å²) in [5.74, 6) is 1.20. The summed E-state index contributed by atoms with van der Waals surface area (Å²) in [6, 6.07) is 0. The zero-order valence-corrected chi connectivity index (χ0v) is 5.93. The van der Waals surface area contributed by atoms with Crippen LogP contribution in [-0.2, 0) is 0 Å². The van der Waals surface area contributed by atoms with Crippen molar-refractivity contribution < 1.29 is 5.11 Å². The fraction of sp³-hybridized carbons (Fsp3) is 1.00. The molecule has 0 amide bonds. The molecular weight excluding hydrogens is 114 g/mol. The number of aliphatic hydroxyl groups excluding tert-OH is 1. The molecule has 1 saturated heterocycles. The Balaban J connectivity index is 2.24. The Morgan fingerprint density at radius 2 is 2.56 bits per heavy atom. The molecule has 0 spiro atoms. The second kappa shape index (κ2) is 3.18. The molecule has 0 aromatic heterocycles. The van der Waals surface area contributed by atoms with E-state index >= 15 is 0 Å². The van der Waals surface area contributed by atoms with Crippen LogP contribution in [0.25, 0.3) is 0 Å². The molecule has 2 heteroatoms. The lowest BCUT2D eigenvalue weighted by atomic mass is 9.94. The minimum atomic E-state index is 0.340. The van der Waals surface area contributed by atoms with Gasteiger partial charge in [0.15, 0.2) is 0 Å². The lowest BCUT2D eigenvalue weighted by molar-refractivity contribution is 0.195. The first-order valence-electron chi connectivity index (χ1n) is 3.66. The van der Waals surface area contributed by atoms with Crippen molar-refractivity contribution in [2.45, 2.75) is 13.3 Å². The molecule has 1 aliphatic heterocycles. The van der Waals surface area contributed by atoms with E-state index in [1.54, 1.807) is 0 Å². The first-order valence-corrected chi connectivity index (χ1v) is 3.66. The lowest BCUT2D eigenvalue weighted by Crippen LogP contribution is -2.17. The lowest BCUT2D eigenvalue weighted by Gasteiger charge is -2.13. The van der Waals surface area contributed by atoms with Crippen molar-refractivity contribution >= 4 is 0 Å². The summed E-state index contributed by atoms with van der Waals surface area (Å²) < 4.78 is 0. The van der Waals surface area contributed by atoms with E-state index in [-0.39, 0.29) is 0 Å². The molecule has 0 saturated carbocycles. The minimum absolute atomic E-state index is 0.340. The van der Waals surface area contributed by atoms with Gasteiger partial charge in [0.2, 0.25) is 0 Å². The van der Waals surface area contributed by atoms with E-state index in [1.165, 1.54) is 6.42 Å². The van der Waals surface area contributed by atoms with Gasteiger partial charge >= 0.3 is 0 Å². The van der Waals surface area contributed by atoms with Gasteiger partial charge in [0, 0.05) is 6.61 Å². The number of aliphatic hydroxyl groups is 1. The molecule has 1 heterocycles. The van der Waals surface area contributed by atoms with Gasteiger partial charge in [0.1, 0.15) is 0 Å². The van der Waals surface area contributed by atoms with Crippen LogP contribution in [0.15, 0.2) is 0 Å². The van der Waals surface area contributed by atoms with Crippen LogP contribution in [0, 0.1) is 11.8 Å². The molecule has 2 N–H and O–H groups in total. The molecule has 2 nitrogen and oxygen atoms in total. The fourth-order valence-electron chi connectivity index (χ4n) is 1.31. The third kappa shape index (κ3) is 1.66. The Bertz CT molecular complexity index is 79.0. The predicted octanol–water partition coefficient (Wildman–Crippen LogP) is 0.224. The Labute approximate surface area is 56.3 Å². The van der Waals surface area contributed by atoms with Crippen LogP contribution in [0.1, 0.15) is 13.3 Å². The zero-order valence-electron chi connectivity index (χ0n) is 5.93. The van der Waals surface area contributed by atoms with Crippen LogP contribution in [-0.4, -0.2) is 24.8 Å². The van der Waals surface area contributed by atoms with E-state index < -0.39 is 0 Å². The number of rotatable bonds is 2. The third-order valence-electron chi connectivity index (χ3n) is 2.19. The van der Waals surface area contributed by atoms with Gasteiger partial charge in [-0.05, 0) is 31.3 Å². The maximum atomic E-state index is 8.77. The van der Waals surface area contributed by atoms with Crippen molar-refractivity contribution in [2.75, 3.05) is 19.7 Å². The van der Waals surface area contributed by atoms with Gasteiger partial charge in [0.25, 0.3) is 0 Å². The van der Waals surface area contributed by atoms with Gasteiger partial charge in [-0.15, -0.1) is 0 Å². The second-order valence-corrected chi connectivity index (χ2v) is 2.91. The number of hydrogen-bond donors (Lipinski definition) is 2. The molecule has 0 radical (unpaired) electrons. The summed E-state index contributed by atoms with van der Waals surface area (Å²) >= 11 is 0. The fourth-order valence-corrected chi connectivity index (χ4v) is 1.31. The molecule has 54 valence electrons. The normalized spacial score (nSPS) is 30.7. The molecule has 2 atom stereocenters. The van der Waals surface area contributed by atoms with Crippen molar-refractivity contribution in [3.05, 3.63) is 0 Å². The Morgan fingerprint density at radius 1 is 1.78 bits per heavy atom. The Hall–Kier alpha value is -0.0800. The van der Waals surface area contributed by atoms with E-state index in [0.717, 1.165) is 19.0 Å². The summed E-state index contributed by atoms with van der Waals surface area (Å²) in [7, 11) is 0. The van der Waals surface area contributed by atoms with Crippen LogP contribution in [0.2, 0.25) is 0 Å². The van der Waals surface area contributed by atoms with Crippen LogP contribution in [0.5, 0.6) is 0 Å². The van der Waals surface area contributed by atoms with Crippen molar-refractivity contribution in [2.24, 2.45) is 11.8 Å². The molecule has 1 rings (SSSR count). The number of hydrogen-bond acceptors (Lipinski definition) is 2. The predicted molar refractivity (Wildman–Crippen MR) is 37.2 cm³/mol. The Kier molecular flexibility index (Phi) is 2.49. The van der Waals surface area contributed by atoms with Crippen molar-refractivity contribution in [1.29, 1.82) is 0 Å². The van der Waals surface area contributed by atoms with Crippen LogP contribution >= 0.6 is 0 Å². The molecule has 0 aliphatic carbocycles. The van der Waals surface area contributed by atoms with Crippen LogP contribution in [0.3, 0.4) is 0 Å². The second-order valence-electron chi connectivity index (χ2n) is 2.91. The largest absolute Gasteiger partial charge is 0.396 e. The van der Waals surface area contributed by atoms with E-state index in [4.69, 9.17) is 5.11 Å². The summed E-state index contributed by atoms with van der Waals surface area (Å²) in [5, 5.41) is 12.0. The van der Waals surface area contributed by atoms with Crippen LogP contribution < -0.4 is 5.32 Å². The highest BCUT2D eigenvalue weighted by atomic mass is 16.3. The SMILES string of the molecule is CC(CO)C1CCNC1. The topological polar surface area (TPSA) is 32.3 Å². The van der Waals surface area contributed by atoms with E-state index in [9.17, 15) is 0 Å². The van der Waals surface area contributed by atoms with Crippen molar-refractivity contribution in [3.8, 4) is 0 Å². The number of nitrogens with one attached hydrogen (secondary N) is 1. The van der Waals surface area contributed by atoms with Crippen molar-refractivity contribution in [1.82, 2.24) is 5.32 Å². The van der Waals surface area contributed by atoms with E-state index in [1.807, 2.05) is 0 Å². The summed E-state index contributed by atoms with van der Waals surface area (Å²) in [5.41, 5.74) is 0. The first-order chi connectivity index (χ1) is 4.34. The summed E-state index contributed by atoms with van der Waals surface area (Å²) in [6.45, 7) is 4.68. The van der Waals surface area contributed by atoms with Gasteiger partial charge in [-0.25, -0.2) is 0 Å². The van der Waals surface area contributed by atoms with Gasteiger partial charge in [-0.3, -0.25) is 0 Å². The molecule has 0 aromatic carbocycles. The highest BCUT2D eigenvalue weighted by Crippen LogP contribution is 2.17. The molecule has 0 aromatic rings. The first kappa shape index (κ1) is 7.03. The molecule has 9 heavy (non-hydrogen) atoms. The van der Waals surface area contributed by atoms with Gasteiger partial charge in [-0.2, -0.15) is 0 Å². The smallest absolute Gasteiger partial charge is 0.0459 e. The quantitative estimate of drug-likeness (QED) is 0.559. The van der Waals surface area contributed by atoms with E-state index in [0.29, 0.717) is 12.5 Å². The molecule has 1 fully saturated rings. The average Bonchev–Trinajstić information content (AvgIpc) is 2.37. The minimum Gasteiger partial charge on any atom is -0.396 e. The summed E-state index contributed by atoms with van der Waals surface area (Å²) in [4.78, 5) is 0. The third-order valence-corrected chi connectivity index (χ3v) is 2.19. The molecular formula is C7H15NO. The highest BCUT2D eigenvalue weighted by Gasteiger charge is 2.19.